The number of carbonyl (C=O) groups is 2. The standard InChI is InChI=1S/C11H12N2O3/c1-6-3-2-4-7-10(6)13-11(16)8(12-7)5-9(14)15/h2-4,8,12H,5H2,1H3,(H,13,16)(H,14,15). The molecule has 1 amide bonds. The molecule has 3 N–H and O–H groups in total. The van der Waals surface area contributed by atoms with E-state index in [4.69, 9.17) is 5.11 Å². The molecular weight excluding hydrogens is 208 g/mol. The van der Waals surface area contributed by atoms with Crippen LogP contribution >= 0.6 is 0 Å². The number of aryl methyl sites for hydroxylation is 1. The van der Waals surface area contributed by atoms with Crippen molar-refractivity contribution in [2.75, 3.05) is 10.6 Å². The van der Waals surface area contributed by atoms with Crippen LogP contribution in [-0.4, -0.2) is 23.0 Å². The van der Waals surface area contributed by atoms with Gasteiger partial charge in [-0.2, -0.15) is 0 Å². The van der Waals surface area contributed by atoms with Gasteiger partial charge in [0, 0.05) is 0 Å². The fraction of sp³-hybridized carbons (Fsp3) is 0.273. The maximum atomic E-state index is 11.6. The third kappa shape index (κ3) is 1.84. The zero-order chi connectivity index (χ0) is 11.7. The second-order valence-electron chi connectivity index (χ2n) is 3.78. The number of carboxylic acids is 1. The molecule has 5 nitrogen and oxygen atoms in total. The van der Waals surface area contributed by atoms with Crippen LogP contribution in [0.3, 0.4) is 0 Å². The van der Waals surface area contributed by atoms with Crippen LogP contribution in [0, 0.1) is 6.92 Å². The molecule has 0 fully saturated rings. The van der Waals surface area contributed by atoms with Crippen LogP contribution in [0.2, 0.25) is 0 Å². The molecule has 2 rings (SSSR count). The van der Waals surface area contributed by atoms with Crippen LogP contribution in [-0.2, 0) is 9.59 Å². The van der Waals surface area contributed by atoms with Crippen LogP contribution in [0.25, 0.3) is 0 Å². The van der Waals surface area contributed by atoms with Crippen molar-refractivity contribution in [2.45, 2.75) is 19.4 Å². The molecule has 1 unspecified atom stereocenters. The lowest BCUT2D eigenvalue weighted by Crippen LogP contribution is -2.40. The number of amides is 1. The normalized spacial score (nSPS) is 18.3. The number of aliphatic carboxylic acids is 1. The first-order valence-electron chi connectivity index (χ1n) is 4.97. The maximum Gasteiger partial charge on any atom is 0.305 e. The molecule has 1 aliphatic heterocycles. The van der Waals surface area contributed by atoms with Gasteiger partial charge in [0.05, 0.1) is 17.8 Å². The van der Waals surface area contributed by atoms with Gasteiger partial charge < -0.3 is 15.7 Å². The van der Waals surface area contributed by atoms with Crippen LogP contribution in [0.1, 0.15) is 12.0 Å². The Labute approximate surface area is 92.5 Å². The molecule has 0 bridgehead atoms. The van der Waals surface area contributed by atoms with E-state index in [0.717, 1.165) is 16.9 Å². The van der Waals surface area contributed by atoms with Gasteiger partial charge in [-0.15, -0.1) is 0 Å². The van der Waals surface area contributed by atoms with Gasteiger partial charge in [0.1, 0.15) is 6.04 Å². The number of carbonyl (C=O) groups excluding carboxylic acids is 1. The van der Waals surface area contributed by atoms with Gasteiger partial charge in [-0.1, -0.05) is 12.1 Å². The van der Waals surface area contributed by atoms with Gasteiger partial charge in [0.2, 0.25) is 5.91 Å². The van der Waals surface area contributed by atoms with E-state index in [9.17, 15) is 9.59 Å². The smallest absolute Gasteiger partial charge is 0.305 e. The predicted octanol–water partition coefficient (Wildman–Crippen LogP) is 1.20. The third-order valence-corrected chi connectivity index (χ3v) is 2.55. The minimum atomic E-state index is -0.997. The highest BCUT2D eigenvalue weighted by Crippen LogP contribution is 2.30. The Hall–Kier alpha value is -2.04. The van der Waals surface area contributed by atoms with Gasteiger partial charge >= 0.3 is 5.97 Å². The van der Waals surface area contributed by atoms with Gasteiger partial charge in [-0.05, 0) is 18.6 Å². The molecule has 0 radical (unpaired) electrons. The first kappa shape index (κ1) is 10.5. The number of para-hydroxylation sites is 1. The van der Waals surface area contributed by atoms with E-state index in [1.165, 1.54) is 0 Å². The summed E-state index contributed by atoms with van der Waals surface area (Å²) in [4.78, 5) is 22.2. The van der Waals surface area contributed by atoms with Gasteiger partial charge in [0.15, 0.2) is 0 Å². The maximum absolute atomic E-state index is 11.6. The van der Waals surface area contributed by atoms with Crippen molar-refractivity contribution in [1.29, 1.82) is 0 Å². The molecule has 1 aromatic carbocycles. The number of nitrogens with one attached hydrogen (secondary N) is 2. The Morgan fingerprint density at radius 2 is 2.25 bits per heavy atom. The number of carboxylic acid groups (broad SMARTS) is 1. The average Bonchev–Trinajstić information content (AvgIpc) is 2.20. The molecule has 1 aliphatic rings. The van der Waals surface area contributed by atoms with Gasteiger partial charge in [-0.25, -0.2) is 0 Å². The van der Waals surface area contributed by atoms with E-state index in [-0.39, 0.29) is 12.3 Å². The van der Waals surface area contributed by atoms with E-state index >= 15 is 0 Å². The molecule has 1 aromatic rings. The zero-order valence-corrected chi connectivity index (χ0v) is 8.78. The Morgan fingerprint density at radius 3 is 2.94 bits per heavy atom. The van der Waals surface area contributed by atoms with Gasteiger partial charge in [0.25, 0.3) is 0 Å². The first-order chi connectivity index (χ1) is 7.58. The summed E-state index contributed by atoms with van der Waals surface area (Å²) in [5.41, 5.74) is 2.45. The molecule has 0 aliphatic carbocycles. The first-order valence-corrected chi connectivity index (χ1v) is 4.97. The van der Waals surface area contributed by atoms with E-state index < -0.39 is 12.0 Å². The Kier molecular flexibility index (Phi) is 2.52. The number of benzene rings is 1. The second-order valence-corrected chi connectivity index (χ2v) is 3.78. The topological polar surface area (TPSA) is 78.4 Å². The fourth-order valence-electron chi connectivity index (χ4n) is 1.74. The van der Waals surface area contributed by atoms with Crippen LogP contribution in [0.4, 0.5) is 11.4 Å². The zero-order valence-electron chi connectivity index (χ0n) is 8.78. The number of rotatable bonds is 2. The minimum Gasteiger partial charge on any atom is -0.481 e. The highest BCUT2D eigenvalue weighted by atomic mass is 16.4. The van der Waals surface area contributed by atoms with Crippen molar-refractivity contribution in [3.05, 3.63) is 23.8 Å². The average molecular weight is 220 g/mol. The highest BCUT2D eigenvalue weighted by Gasteiger charge is 2.27. The lowest BCUT2D eigenvalue weighted by Gasteiger charge is -2.26. The van der Waals surface area contributed by atoms with Crippen molar-refractivity contribution >= 4 is 23.3 Å². The van der Waals surface area contributed by atoms with E-state index in [0.29, 0.717) is 0 Å². The Balaban J connectivity index is 2.28. The van der Waals surface area contributed by atoms with Crippen molar-refractivity contribution in [2.24, 2.45) is 0 Å². The highest BCUT2D eigenvalue weighted by molar-refractivity contribution is 6.05. The third-order valence-electron chi connectivity index (χ3n) is 2.55. The lowest BCUT2D eigenvalue weighted by molar-refractivity contribution is -0.138. The monoisotopic (exact) mass is 220 g/mol. The molecule has 16 heavy (non-hydrogen) atoms. The second kappa shape index (κ2) is 3.84. The van der Waals surface area contributed by atoms with E-state index in [1.807, 2.05) is 25.1 Å². The summed E-state index contributed by atoms with van der Waals surface area (Å²) in [6, 6.07) is 4.86. The van der Waals surface area contributed by atoms with Crippen molar-refractivity contribution in [3.63, 3.8) is 0 Å². The summed E-state index contributed by atoms with van der Waals surface area (Å²) >= 11 is 0. The number of hydrogen-bond donors (Lipinski definition) is 3. The summed E-state index contributed by atoms with van der Waals surface area (Å²) in [5.74, 6) is -1.30. The van der Waals surface area contributed by atoms with Gasteiger partial charge in [-0.3, -0.25) is 9.59 Å². The summed E-state index contributed by atoms with van der Waals surface area (Å²) in [7, 11) is 0. The molecule has 1 atom stereocenters. The molecule has 0 spiro atoms. The summed E-state index contributed by atoms with van der Waals surface area (Å²) in [6.45, 7) is 1.89. The van der Waals surface area contributed by atoms with Crippen LogP contribution in [0.5, 0.6) is 0 Å². The van der Waals surface area contributed by atoms with Crippen molar-refractivity contribution in [3.8, 4) is 0 Å². The molecule has 0 aromatic heterocycles. The molecule has 1 heterocycles. The molecule has 0 saturated carbocycles. The SMILES string of the molecule is Cc1cccc2c1NC(=O)C(CC(=O)O)N2. The van der Waals surface area contributed by atoms with Crippen LogP contribution in [0.15, 0.2) is 18.2 Å². The number of hydrogen-bond acceptors (Lipinski definition) is 3. The summed E-state index contributed by atoms with van der Waals surface area (Å²) in [6.07, 6.45) is -0.223. The summed E-state index contributed by atoms with van der Waals surface area (Å²) in [5, 5.41) is 14.3. The largest absolute Gasteiger partial charge is 0.481 e. The van der Waals surface area contributed by atoms with Crippen LogP contribution < -0.4 is 10.6 Å². The van der Waals surface area contributed by atoms with E-state index in [1.54, 1.807) is 0 Å². The van der Waals surface area contributed by atoms with E-state index in [2.05, 4.69) is 10.6 Å². The lowest BCUT2D eigenvalue weighted by atomic mass is 10.1. The minimum absolute atomic E-state index is 0.223. The molecular formula is C11H12N2O3. The molecule has 84 valence electrons. The van der Waals surface area contributed by atoms with Crippen molar-refractivity contribution in [1.82, 2.24) is 0 Å². The molecule has 5 heteroatoms. The molecule has 0 saturated heterocycles. The summed E-state index contributed by atoms with van der Waals surface area (Å²) < 4.78 is 0. The fourth-order valence-corrected chi connectivity index (χ4v) is 1.74. The quantitative estimate of drug-likeness (QED) is 0.699. The van der Waals surface area contributed by atoms with Crippen molar-refractivity contribution < 1.29 is 14.7 Å². The Morgan fingerprint density at radius 1 is 1.50 bits per heavy atom. The predicted molar refractivity (Wildman–Crippen MR) is 59.5 cm³/mol. The number of anilines is 2. The Bertz CT molecular complexity index is 457. The number of fused-ring (bicyclic) bond motifs is 1.